The fourth-order valence-electron chi connectivity index (χ4n) is 1.46. The Labute approximate surface area is 94.2 Å². The van der Waals surface area contributed by atoms with Crippen molar-refractivity contribution in [3.8, 4) is 5.75 Å². The molecule has 1 aliphatic rings. The Morgan fingerprint density at radius 2 is 1.75 bits per heavy atom. The van der Waals surface area contributed by atoms with Crippen LogP contribution < -0.4 is 0 Å². The molecule has 80 valence electrons. The number of rotatable bonds is 2. The second-order valence-corrected chi connectivity index (χ2v) is 3.45. The van der Waals surface area contributed by atoms with Crippen molar-refractivity contribution in [3.63, 3.8) is 0 Å². The van der Waals surface area contributed by atoms with Crippen LogP contribution in [0.4, 0.5) is 0 Å². The predicted octanol–water partition coefficient (Wildman–Crippen LogP) is 3.34. The van der Waals surface area contributed by atoms with Crippen LogP contribution in [0.15, 0.2) is 66.3 Å². The van der Waals surface area contributed by atoms with E-state index in [-0.39, 0.29) is 11.5 Å². The van der Waals surface area contributed by atoms with Gasteiger partial charge in [0.25, 0.3) is 0 Å². The van der Waals surface area contributed by atoms with Crippen molar-refractivity contribution in [2.45, 2.75) is 0 Å². The fraction of sp³-hybridized carbons (Fsp3) is 0. The van der Waals surface area contributed by atoms with Gasteiger partial charge < -0.3 is 10.2 Å². The second-order valence-electron chi connectivity index (χ2n) is 3.45. The Morgan fingerprint density at radius 1 is 1.06 bits per heavy atom. The number of aliphatic hydroxyl groups is 1. The van der Waals surface area contributed by atoms with E-state index in [0.717, 1.165) is 5.57 Å². The Balaban J connectivity index is 2.25. The number of hydrogen-bond acceptors (Lipinski definition) is 2. The third kappa shape index (κ3) is 2.23. The first-order chi connectivity index (χ1) is 7.77. The van der Waals surface area contributed by atoms with E-state index in [1.807, 2.05) is 24.3 Å². The predicted molar refractivity (Wildman–Crippen MR) is 65.1 cm³/mol. The molecule has 2 rings (SSSR count). The number of hydrogen-bond donors (Lipinski definition) is 2. The first-order valence-electron chi connectivity index (χ1n) is 5.01. The smallest absolute Gasteiger partial charge is 0.126 e. The second kappa shape index (κ2) is 4.53. The van der Waals surface area contributed by atoms with E-state index in [1.54, 1.807) is 36.4 Å². The van der Waals surface area contributed by atoms with Crippen LogP contribution in [0.2, 0.25) is 0 Å². The fourth-order valence-corrected chi connectivity index (χ4v) is 1.46. The van der Waals surface area contributed by atoms with Gasteiger partial charge in [-0.25, -0.2) is 0 Å². The van der Waals surface area contributed by atoms with Gasteiger partial charge in [0.2, 0.25) is 0 Å². The van der Waals surface area contributed by atoms with Gasteiger partial charge in [-0.3, -0.25) is 0 Å². The molecular weight excluding hydrogens is 200 g/mol. The summed E-state index contributed by atoms with van der Waals surface area (Å²) in [7, 11) is 0. The van der Waals surface area contributed by atoms with Crippen LogP contribution in [0.3, 0.4) is 0 Å². The number of benzene rings is 1. The quantitative estimate of drug-likeness (QED) is 0.738. The summed E-state index contributed by atoms with van der Waals surface area (Å²) in [6.07, 6.45) is 11.1. The molecule has 0 unspecified atom stereocenters. The molecule has 0 amide bonds. The van der Waals surface area contributed by atoms with E-state index in [2.05, 4.69) is 0 Å². The molecule has 0 heterocycles. The number of phenols is 1. The molecule has 0 aromatic heterocycles. The zero-order chi connectivity index (χ0) is 11.4. The minimum atomic E-state index is 0.0549. The minimum absolute atomic E-state index is 0.0549. The van der Waals surface area contributed by atoms with E-state index in [0.29, 0.717) is 5.56 Å². The van der Waals surface area contributed by atoms with E-state index < -0.39 is 0 Å². The summed E-state index contributed by atoms with van der Waals surface area (Å²) in [5.41, 5.74) is 1.45. The molecule has 1 aromatic carbocycles. The average Bonchev–Trinajstić information content (AvgIpc) is 2.79. The van der Waals surface area contributed by atoms with Crippen LogP contribution >= 0.6 is 0 Å². The highest BCUT2D eigenvalue weighted by Gasteiger charge is 2.02. The molecule has 0 aliphatic heterocycles. The van der Waals surface area contributed by atoms with Gasteiger partial charge in [0.15, 0.2) is 0 Å². The van der Waals surface area contributed by atoms with E-state index >= 15 is 0 Å². The maximum atomic E-state index is 9.77. The summed E-state index contributed by atoms with van der Waals surface area (Å²) in [5.74, 6) is 0.131. The lowest BCUT2D eigenvalue weighted by molar-refractivity contribution is 0.460. The molecule has 2 N–H and O–H groups in total. The number of phenolic OH excluding ortho intramolecular Hbond substituents is 1. The van der Waals surface area contributed by atoms with Crippen molar-refractivity contribution >= 4 is 5.76 Å². The molecule has 0 radical (unpaired) electrons. The van der Waals surface area contributed by atoms with Gasteiger partial charge in [-0.1, -0.05) is 42.5 Å². The number of allylic oxidation sites excluding steroid dienone is 7. The highest BCUT2D eigenvalue weighted by molar-refractivity contribution is 5.66. The lowest BCUT2D eigenvalue weighted by Gasteiger charge is -2.01. The zero-order valence-electron chi connectivity index (χ0n) is 8.67. The summed E-state index contributed by atoms with van der Waals surface area (Å²) in [4.78, 5) is 0. The average molecular weight is 212 g/mol. The Kier molecular flexibility index (Phi) is 2.92. The molecule has 1 aliphatic carbocycles. The highest BCUT2D eigenvalue weighted by Crippen LogP contribution is 2.22. The maximum absolute atomic E-state index is 9.77. The van der Waals surface area contributed by atoms with Gasteiger partial charge >= 0.3 is 0 Å². The van der Waals surface area contributed by atoms with Crippen molar-refractivity contribution in [1.82, 2.24) is 0 Å². The van der Waals surface area contributed by atoms with Crippen LogP contribution in [-0.2, 0) is 0 Å². The topological polar surface area (TPSA) is 40.5 Å². The lowest BCUT2D eigenvalue weighted by atomic mass is 10.1. The molecule has 0 saturated carbocycles. The van der Waals surface area contributed by atoms with Gasteiger partial charge in [-0.05, 0) is 23.8 Å². The van der Waals surface area contributed by atoms with Crippen LogP contribution in [-0.4, -0.2) is 10.2 Å². The normalized spacial score (nSPS) is 14.5. The Bertz CT molecular complexity index is 491. The van der Waals surface area contributed by atoms with E-state index in [9.17, 15) is 10.2 Å². The van der Waals surface area contributed by atoms with Crippen LogP contribution in [0.5, 0.6) is 5.75 Å². The number of aliphatic hydroxyl groups excluding tert-OH is 1. The summed E-state index contributed by atoms with van der Waals surface area (Å²) in [5, 5.41) is 19.3. The third-order valence-electron chi connectivity index (χ3n) is 2.30. The molecule has 0 spiro atoms. The van der Waals surface area contributed by atoms with Crippen LogP contribution in [0.25, 0.3) is 5.76 Å². The van der Waals surface area contributed by atoms with Gasteiger partial charge in [0.1, 0.15) is 11.5 Å². The molecule has 0 bridgehead atoms. The lowest BCUT2D eigenvalue weighted by Crippen LogP contribution is -1.82. The van der Waals surface area contributed by atoms with Crippen molar-refractivity contribution in [3.05, 3.63) is 71.9 Å². The minimum Gasteiger partial charge on any atom is -0.507 e. The van der Waals surface area contributed by atoms with Gasteiger partial charge in [-0.15, -0.1) is 0 Å². The molecular formula is C14H12O2. The van der Waals surface area contributed by atoms with Crippen molar-refractivity contribution in [1.29, 1.82) is 0 Å². The first-order valence-corrected chi connectivity index (χ1v) is 5.01. The van der Waals surface area contributed by atoms with Gasteiger partial charge in [0, 0.05) is 0 Å². The zero-order valence-corrected chi connectivity index (χ0v) is 8.67. The molecule has 0 fully saturated rings. The largest absolute Gasteiger partial charge is 0.507 e. The van der Waals surface area contributed by atoms with E-state index in [4.69, 9.17) is 0 Å². The van der Waals surface area contributed by atoms with E-state index in [1.165, 1.54) is 0 Å². The molecule has 2 heteroatoms. The summed E-state index contributed by atoms with van der Waals surface area (Å²) in [6.45, 7) is 0. The van der Waals surface area contributed by atoms with Crippen molar-refractivity contribution in [2.24, 2.45) is 0 Å². The van der Waals surface area contributed by atoms with Crippen molar-refractivity contribution < 1.29 is 10.2 Å². The molecule has 0 saturated heterocycles. The number of aromatic hydroxyl groups is 1. The SMILES string of the molecule is O/C(=C\C=C1C=CC=C1)c1ccccc1O. The Hall–Kier alpha value is -2.22. The van der Waals surface area contributed by atoms with Crippen LogP contribution in [0.1, 0.15) is 5.56 Å². The standard InChI is InChI=1S/C14H12O2/c15-13-8-4-3-7-12(13)14(16)10-9-11-5-1-2-6-11/h1-10,15-16H/b14-10-. The molecule has 2 nitrogen and oxygen atoms in total. The molecule has 16 heavy (non-hydrogen) atoms. The first kappa shape index (κ1) is 10.3. The summed E-state index contributed by atoms with van der Waals surface area (Å²) in [6, 6.07) is 6.69. The van der Waals surface area contributed by atoms with Gasteiger partial charge in [-0.2, -0.15) is 0 Å². The van der Waals surface area contributed by atoms with Crippen molar-refractivity contribution in [2.75, 3.05) is 0 Å². The maximum Gasteiger partial charge on any atom is 0.126 e. The summed E-state index contributed by atoms with van der Waals surface area (Å²) < 4.78 is 0. The number of para-hydroxylation sites is 1. The van der Waals surface area contributed by atoms with Gasteiger partial charge in [0.05, 0.1) is 5.56 Å². The molecule has 0 atom stereocenters. The summed E-state index contributed by atoms with van der Waals surface area (Å²) >= 11 is 0. The monoisotopic (exact) mass is 212 g/mol. The highest BCUT2D eigenvalue weighted by atomic mass is 16.3. The molecule has 1 aromatic rings. The Morgan fingerprint density at radius 3 is 2.44 bits per heavy atom. The van der Waals surface area contributed by atoms with Crippen LogP contribution in [0, 0.1) is 0 Å². The third-order valence-corrected chi connectivity index (χ3v) is 2.30.